The van der Waals surface area contributed by atoms with Crippen LogP contribution in [0.2, 0.25) is 0 Å². The van der Waals surface area contributed by atoms with E-state index in [1.807, 2.05) is 59.5 Å². The van der Waals surface area contributed by atoms with Gasteiger partial charge in [0.1, 0.15) is 11.5 Å². The molecule has 0 spiro atoms. The second-order valence-electron chi connectivity index (χ2n) is 8.57. The molecule has 5 rings (SSSR count). The zero-order chi connectivity index (χ0) is 24.0. The van der Waals surface area contributed by atoms with Gasteiger partial charge in [0.25, 0.3) is 5.91 Å². The fourth-order valence-electron chi connectivity index (χ4n) is 4.26. The highest BCUT2D eigenvalue weighted by molar-refractivity contribution is 5.94. The van der Waals surface area contributed by atoms with E-state index in [1.54, 1.807) is 16.8 Å². The fraction of sp³-hybridized carbons (Fsp3) is 0.172. The summed E-state index contributed by atoms with van der Waals surface area (Å²) in [6.07, 6.45) is 4.30. The quantitative estimate of drug-likeness (QED) is 0.395. The summed E-state index contributed by atoms with van der Waals surface area (Å²) in [5, 5.41) is 4.71. The van der Waals surface area contributed by atoms with Crippen LogP contribution in [-0.4, -0.2) is 58.2 Å². The molecule has 1 saturated heterocycles. The van der Waals surface area contributed by atoms with Crippen molar-refractivity contribution < 1.29 is 9.18 Å². The lowest BCUT2D eigenvalue weighted by molar-refractivity contribution is 0.0641. The molecular weight excluding hydrogens is 439 g/mol. The summed E-state index contributed by atoms with van der Waals surface area (Å²) in [5.41, 5.74) is 3.96. The van der Waals surface area contributed by atoms with Crippen LogP contribution in [0.3, 0.4) is 0 Å². The van der Waals surface area contributed by atoms with E-state index in [2.05, 4.69) is 29.2 Å². The molecule has 4 aromatic rings. The van der Waals surface area contributed by atoms with Crippen molar-refractivity contribution in [2.75, 3.05) is 32.7 Å². The Balaban J connectivity index is 1.31. The Hall–Kier alpha value is -4.03. The minimum atomic E-state index is -0.325. The third-order valence-electron chi connectivity index (χ3n) is 6.20. The lowest BCUT2D eigenvalue weighted by Gasteiger charge is -2.34. The molecule has 0 atom stereocenters. The highest BCUT2D eigenvalue weighted by atomic mass is 19.1. The van der Waals surface area contributed by atoms with E-state index in [-0.39, 0.29) is 11.7 Å². The summed E-state index contributed by atoms with van der Waals surface area (Å²) < 4.78 is 15.2. The number of carbonyl (C=O) groups is 1. The maximum absolute atomic E-state index is 13.6. The van der Waals surface area contributed by atoms with Gasteiger partial charge in [0, 0.05) is 38.3 Å². The molecule has 1 aliphatic rings. The summed E-state index contributed by atoms with van der Waals surface area (Å²) in [6.45, 7) is 3.76. The van der Waals surface area contributed by atoms with Crippen LogP contribution in [0.15, 0.2) is 97.1 Å². The van der Waals surface area contributed by atoms with E-state index >= 15 is 0 Å². The number of halogens is 1. The van der Waals surface area contributed by atoms with Gasteiger partial charge >= 0.3 is 0 Å². The molecule has 35 heavy (non-hydrogen) atoms. The molecule has 3 aromatic carbocycles. The Morgan fingerprint density at radius 2 is 1.51 bits per heavy atom. The molecule has 1 amide bonds. The maximum Gasteiger partial charge on any atom is 0.272 e. The van der Waals surface area contributed by atoms with Crippen LogP contribution in [0.5, 0.6) is 0 Å². The number of piperazine rings is 1. The van der Waals surface area contributed by atoms with Crippen LogP contribution in [0.1, 0.15) is 16.1 Å². The van der Waals surface area contributed by atoms with Gasteiger partial charge < -0.3 is 4.90 Å². The Labute approximate surface area is 204 Å². The summed E-state index contributed by atoms with van der Waals surface area (Å²) in [5.74, 6) is -0.391. The SMILES string of the molecule is O=C(c1cc(-c2ccccc2)nn1-c1ccc(F)cc1)N1CCN(C/C=C/c2ccccc2)CC1. The summed E-state index contributed by atoms with van der Waals surface area (Å²) in [7, 11) is 0. The average Bonchev–Trinajstić information content (AvgIpc) is 3.36. The topological polar surface area (TPSA) is 41.4 Å². The molecule has 2 heterocycles. The van der Waals surface area contributed by atoms with Gasteiger partial charge in [0.2, 0.25) is 0 Å². The van der Waals surface area contributed by atoms with Crippen molar-refractivity contribution in [3.63, 3.8) is 0 Å². The first kappa shape index (κ1) is 22.7. The molecule has 0 radical (unpaired) electrons. The number of amides is 1. The number of rotatable bonds is 6. The molecule has 0 saturated carbocycles. The minimum Gasteiger partial charge on any atom is -0.335 e. The van der Waals surface area contributed by atoms with E-state index in [4.69, 9.17) is 5.10 Å². The van der Waals surface area contributed by atoms with E-state index in [9.17, 15) is 9.18 Å². The first-order valence-electron chi connectivity index (χ1n) is 11.8. The van der Waals surface area contributed by atoms with Crippen molar-refractivity contribution in [1.29, 1.82) is 0 Å². The summed E-state index contributed by atoms with van der Waals surface area (Å²) in [4.78, 5) is 17.8. The maximum atomic E-state index is 13.6. The van der Waals surface area contributed by atoms with Gasteiger partial charge in [-0.25, -0.2) is 9.07 Å². The third-order valence-corrected chi connectivity index (χ3v) is 6.20. The zero-order valence-corrected chi connectivity index (χ0v) is 19.4. The number of aromatic nitrogens is 2. The Morgan fingerprint density at radius 3 is 2.20 bits per heavy atom. The van der Waals surface area contributed by atoms with Crippen molar-refractivity contribution in [3.8, 4) is 16.9 Å². The standard InChI is InChI=1S/C29H27FN4O/c30-25-13-15-26(16-14-25)34-28(22-27(31-34)24-11-5-2-6-12-24)29(35)33-20-18-32(19-21-33)17-7-10-23-8-3-1-4-9-23/h1-16,22H,17-21H2/b10-7+. The predicted octanol–water partition coefficient (Wildman–Crippen LogP) is 5.15. The second kappa shape index (κ2) is 10.5. The van der Waals surface area contributed by atoms with Crippen molar-refractivity contribution in [1.82, 2.24) is 19.6 Å². The molecule has 0 unspecified atom stereocenters. The van der Waals surface area contributed by atoms with Gasteiger partial charge in [-0.2, -0.15) is 5.10 Å². The number of hydrogen-bond acceptors (Lipinski definition) is 3. The van der Waals surface area contributed by atoms with Gasteiger partial charge in [-0.1, -0.05) is 72.8 Å². The molecule has 6 heteroatoms. The van der Waals surface area contributed by atoms with E-state index in [0.717, 1.165) is 25.2 Å². The summed E-state index contributed by atoms with van der Waals surface area (Å²) in [6, 6.07) is 27.9. The fourth-order valence-corrected chi connectivity index (χ4v) is 4.26. The molecular formula is C29H27FN4O. The number of nitrogens with zero attached hydrogens (tertiary/aromatic N) is 4. The Bertz CT molecular complexity index is 1290. The van der Waals surface area contributed by atoms with Crippen LogP contribution >= 0.6 is 0 Å². The first-order valence-corrected chi connectivity index (χ1v) is 11.8. The molecule has 176 valence electrons. The lowest BCUT2D eigenvalue weighted by atomic mass is 10.1. The van der Waals surface area contributed by atoms with Crippen molar-refractivity contribution in [2.45, 2.75) is 0 Å². The van der Waals surface area contributed by atoms with Gasteiger partial charge in [0.05, 0.1) is 11.4 Å². The lowest BCUT2D eigenvalue weighted by Crippen LogP contribution is -2.49. The molecule has 0 aliphatic carbocycles. The smallest absolute Gasteiger partial charge is 0.272 e. The third kappa shape index (κ3) is 5.39. The van der Waals surface area contributed by atoms with Crippen LogP contribution in [0.4, 0.5) is 4.39 Å². The summed E-state index contributed by atoms with van der Waals surface area (Å²) >= 11 is 0. The second-order valence-corrected chi connectivity index (χ2v) is 8.57. The van der Waals surface area contributed by atoms with Gasteiger partial charge in [-0.05, 0) is 35.9 Å². The molecule has 0 N–H and O–H groups in total. The zero-order valence-electron chi connectivity index (χ0n) is 19.4. The number of hydrogen-bond donors (Lipinski definition) is 0. The van der Waals surface area contributed by atoms with E-state index in [1.165, 1.54) is 17.7 Å². The highest BCUT2D eigenvalue weighted by Crippen LogP contribution is 2.23. The normalized spacial score (nSPS) is 14.5. The highest BCUT2D eigenvalue weighted by Gasteiger charge is 2.26. The van der Waals surface area contributed by atoms with Gasteiger partial charge in [-0.15, -0.1) is 0 Å². The van der Waals surface area contributed by atoms with Crippen LogP contribution < -0.4 is 0 Å². The number of carbonyl (C=O) groups excluding carboxylic acids is 1. The van der Waals surface area contributed by atoms with Crippen LogP contribution in [0, 0.1) is 5.82 Å². The largest absolute Gasteiger partial charge is 0.335 e. The molecule has 1 fully saturated rings. The average molecular weight is 467 g/mol. The molecule has 5 nitrogen and oxygen atoms in total. The Kier molecular flexibility index (Phi) is 6.82. The molecule has 1 aromatic heterocycles. The van der Waals surface area contributed by atoms with Crippen molar-refractivity contribution >= 4 is 12.0 Å². The van der Waals surface area contributed by atoms with Crippen molar-refractivity contribution in [2.24, 2.45) is 0 Å². The van der Waals surface area contributed by atoms with E-state index in [0.29, 0.717) is 30.2 Å². The molecule has 0 bridgehead atoms. The number of benzene rings is 3. The van der Waals surface area contributed by atoms with Gasteiger partial charge in [-0.3, -0.25) is 9.69 Å². The van der Waals surface area contributed by atoms with Crippen LogP contribution in [0.25, 0.3) is 23.0 Å². The predicted molar refractivity (Wildman–Crippen MR) is 137 cm³/mol. The van der Waals surface area contributed by atoms with Crippen LogP contribution in [-0.2, 0) is 0 Å². The Morgan fingerprint density at radius 1 is 0.857 bits per heavy atom. The van der Waals surface area contributed by atoms with Gasteiger partial charge in [0.15, 0.2) is 0 Å². The molecule has 1 aliphatic heterocycles. The monoisotopic (exact) mass is 466 g/mol. The first-order chi connectivity index (χ1) is 17.2. The minimum absolute atomic E-state index is 0.0662. The van der Waals surface area contributed by atoms with E-state index < -0.39 is 0 Å². The van der Waals surface area contributed by atoms with Crippen molar-refractivity contribution in [3.05, 3.63) is 114 Å².